The van der Waals surface area contributed by atoms with Crippen LogP contribution in [0.4, 0.5) is 0 Å². The lowest BCUT2D eigenvalue weighted by Gasteiger charge is -2.21. The van der Waals surface area contributed by atoms with Gasteiger partial charge in [-0.2, -0.15) is 0 Å². The Hall–Kier alpha value is -1.76. The molecule has 2 aromatic carbocycles. The van der Waals surface area contributed by atoms with E-state index in [9.17, 15) is 19.8 Å². The van der Waals surface area contributed by atoms with Gasteiger partial charge in [-0.15, -0.1) is 0 Å². The third kappa shape index (κ3) is 6.03. The summed E-state index contributed by atoms with van der Waals surface area (Å²) in [5.74, 6) is -1.60. The third-order valence-electron chi connectivity index (χ3n) is 3.53. The maximum Gasteiger partial charge on any atom is 0.308 e. The Balaban J connectivity index is 2.12. The smallest absolute Gasteiger partial charge is 0.308 e. The van der Waals surface area contributed by atoms with Gasteiger partial charge in [-0.3, -0.25) is 9.59 Å². The van der Waals surface area contributed by atoms with E-state index in [-0.39, 0.29) is 12.3 Å². The maximum atomic E-state index is 11.2. The first-order chi connectivity index (χ1) is 11.6. The highest BCUT2D eigenvalue weighted by Crippen LogP contribution is 2.41. The van der Waals surface area contributed by atoms with Crippen LogP contribution in [0.5, 0.6) is 0 Å². The van der Waals surface area contributed by atoms with E-state index in [4.69, 9.17) is 0 Å². The normalized spacial score (nSPS) is 13.2. The van der Waals surface area contributed by atoms with E-state index < -0.39 is 27.8 Å². The van der Waals surface area contributed by atoms with Crippen LogP contribution in [0, 0.1) is 0 Å². The molecular formula is C18H20O4P2. The topological polar surface area (TPSA) is 74.6 Å². The lowest BCUT2D eigenvalue weighted by atomic mass is 10.4. The number of hydrogen-bond acceptors (Lipinski definition) is 2. The summed E-state index contributed by atoms with van der Waals surface area (Å²) in [4.78, 5) is 22.4. The monoisotopic (exact) mass is 362 g/mol. The van der Waals surface area contributed by atoms with Crippen molar-refractivity contribution in [3.63, 3.8) is 0 Å². The Morgan fingerprint density at radius 3 is 1.29 bits per heavy atom. The largest absolute Gasteiger partial charge is 0.481 e. The van der Waals surface area contributed by atoms with Crippen LogP contribution in [-0.4, -0.2) is 46.8 Å². The van der Waals surface area contributed by atoms with Gasteiger partial charge in [0, 0.05) is 0 Å². The number of carboxylic acid groups (broad SMARTS) is 2. The summed E-state index contributed by atoms with van der Waals surface area (Å²) < 4.78 is 0. The number of aliphatic carboxylic acids is 2. The van der Waals surface area contributed by atoms with Crippen LogP contribution < -0.4 is 10.6 Å². The number of hydrogen-bond donors (Lipinski definition) is 2. The van der Waals surface area contributed by atoms with Crippen LogP contribution in [-0.2, 0) is 9.59 Å². The van der Waals surface area contributed by atoms with Gasteiger partial charge >= 0.3 is 11.9 Å². The van der Waals surface area contributed by atoms with Gasteiger partial charge in [-0.1, -0.05) is 76.5 Å². The molecule has 0 saturated carbocycles. The molecule has 126 valence electrons. The van der Waals surface area contributed by atoms with Crippen molar-refractivity contribution in [2.24, 2.45) is 0 Å². The van der Waals surface area contributed by atoms with Crippen molar-refractivity contribution in [3.8, 4) is 0 Å². The first-order valence-corrected chi connectivity index (χ1v) is 11.0. The number of benzene rings is 2. The van der Waals surface area contributed by atoms with Gasteiger partial charge in [0.2, 0.25) is 0 Å². The van der Waals surface area contributed by atoms with Gasteiger partial charge < -0.3 is 10.2 Å². The Morgan fingerprint density at radius 1 is 0.667 bits per heavy atom. The van der Waals surface area contributed by atoms with Crippen molar-refractivity contribution in [1.29, 1.82) is 0 Å². The Labute approximate surface area is 144 Å². The number of rotatable bonds is 9. The van der Waals surface area contributed by atoms with E-state index in [1.54, 1.807) is 0 Å². The Bertz CT molecular complexity index is 602. The molecule has 2 rings (SSSR count). The Kier molecular flexibility index (Phi) is 7.36. The van der Waals surface area contributed by atoms with Crippen molar-refractivity contribution in [1.82, 2.24) is 0 Å². The molecule has 0 aliphatic heterocycles. The molecule has 6 heteroatoms. The van der Waals surface area contributed by atoms with Crippen molar-refractivity contribution < 1.29 is 19.8 Å². The molecule has 0 aliphatic rings. The second kappa shape index (κ2) is 9.52. The van der Waals surface area contributed by atoms with Crippen LogP contribution in [0.2, 0.25) is 0 Å². The number of carboxylic acids is 2. The maximum absolute atomic E-state index is 11.2. The predicted octanol–water partition coefficient (Wildman–Crippen LogP) is 2.77. The Morgan fingerprint density at radius 2 is 1.00 bits per heavy atom. The molecule has 2 unspecified atom stereocenters. The molecule has 0 heterocycles. The average molecular weight is 362 g/mol. The zero-order valence-electron chi connectivity index (χ0n) is 13.2. The fourth-order valence-corrected chi connectivity index (χ4v) is 7.41. The molecule has 0 fully saturated rings. The highest BCUT2D eigenvalue weighted by Gasteiger charge is 2.20. The third-order valence-corrected chi connectivity index (χ3v) is 8.78. The van der Waals surface area contributed by atoms with Crippen molar-refractivity contribution in [3.05, 3.63) is 60.7 Å². The minimum atomic E-state index is -0.819. The quantitative estimate of drug-likeness (QED) is 0.673. The average Bonchev–Trinajstić information content (AvgIpc) is 2.58. The fraction of sp³-hybridized carbons (Fsp3) is 0.222. The summed E-state index contributed by atoms with van der Waals surface area (Å²) in [6.45, 7) is 0. The van der Waals surface area contributed by atoms with Crippen LogP contribution in [0.15, 0.2) is 60.7 Å². The van der Waals surface area contributed by atoms with Crippen LogP contribution >= 0.6 is 15.8 Å². The molecule has 0 bridgehead atoms. The second-order valence-corrected chi connectivity index (χ2v) is 10.0. The van der Waals surface area contributed by atoms with Gasteiger partial charge in [0.1, 0.15) is 0 Å². The summed E-state index contributed by atoms with van der Waals surface area (Å²) in [6, 6.07) is 19.4. The molecule has 0 saturated heterocycles. The molecule has 24 heavy (non-hydrogen) atoms. The molecule has 4 nitrogen and oxygen atoms in total. The van der Waals surface area contributed by atoms with E-state index in [1.807, 2.05) is 60.7 Å². The summed E-state index contributed by atoms with van der Waals surface area (Å²) in [7, 11) is -1.64. The summed E-state index contributed by atoms with van der Waals surface area (Å²) in [5, 5.41) is 20.5. The highest BCUT2D eigenvalue weighted by molar-refractivity contribution is 7.70. The van der Waals surface area contributed by atoms with Crippen molar-refractivity contribution in [2.45, 2.75) is 0 Å². The molecule has 0 aromatic heterocycles. The molecule has 0 spiro atoms. The van der Waals surface area contributed by atoms with E-state index in [1.165, 1.54) is 0 Å². The minimum Gasteiger partial charge on any atom is -0.481 e. The second-order valence-electron chi connectivity index (χ2n) is 5.30. The first-order valence-electron chi connectivity index (χ1n) is 7.60. The van der Waals surface area contributed by atoms with Crippen LogP contribution in [0.3, 0.4) is 0 Å². The molecule has 0 radical (unpaired) electrons. The molecule has 2 aromatic rings. The standard InChI is InChI=1S/C18H20O4P2/c19-17(20)13-23(15-7-3-1-4-8-15)11-12-24(14-18(21)22)16-9-5-2-6-10-16/h1-10H,11-14H2,(H,19,20)(H,21,22). The van der Waals surface area contributed by atoms with Gasteiger partial charge in [-0.05, 0) is 22.9 Å². The van der Waals surface area contributed by atoms with E-state index >= 15 is 0 Å². The van der Waals surface area contributed by atoms with Crippen LogP contribution in [0.25, 0.3) is 0 Å². The van der Waals surface area contributed by atoms with Crippen molar-refractivity contribution >= 4 is 38.4 Å². The lowest BCUT2D eigenvalue weighted by molar-refractivity contribution is -0.135. The number of carbonyl (C=O) groups is 2. The molecule has 0 amide bonds. The summed E-state index contributed by atoms with van der Waals surface area (Å²) in [6.07, 6.45) is 1.73. The van der Waals surface area contributed by atoms with E-state index in [0.29, 0.717) is 0 Å². The van der Waals surface area contributed by atoms with Crippen LogP contribution in [0.1, 0.15) is 0 Å². The predicted molar refractivity (Wildman–Crippen MR) is 101 cm³/mol. The SMILES string of the molecule is O=C(O)CP(CCP(CC(=O)O)c1ccccc1)c1ccccc1. The molecule has 2 atom stereocenters. The molecular weight excluding hydrogens is 342 g/mol. The fourth-order valence-electron chi connectivity index (χ4n) is 2.44. The zero-order chi connectivity index (χ0) is 17.4. The molecule has 2 N–H and O–H groups in total. The van der Waals surface area contributed by atoms with Crippen molar-refractivity contribution in [2.75, 3.05) is 24.6 Å². The first kappa shape index (κ1) is 18.6. The van der Waals surface area contributed by atoms with Gasteiger partial charge in [0.25, 0.3) is 0 Å². The highest BCUT2D eigenvalue weighted by atomic mass is 31.1. The van der Waals surface area contributed by atoms with Gasteiger partial charge in [0.15, 0.2) is 0 Å². The summed E-state index contributed by atoms with van der Waals surface area (Å²) >= 11 is 0. The minimum absolute atomic E-state index is 0.129. The summed E-state index contributed by atoms with van der Waals surface area (Å²) in [5.41, 5.74) is 0. The molecule has 0 aliphatic carbocycles. The van der Waals surface area contributed by atoms with E-state index in [2.05, 4.69) is 0 Å². The van der Waals surface area contributed by atoms with Gasteiger partial charge in [0.05, 0.1) is 12.3 Å². The lowest BCUT2D eigenvalue weighted by Crippen LogP contribution is -2.17. The van der Waals surface area contributed by atoms with Gasteiger partial charge in [-0.25, -0.2) is 0 Å². The van der Waals surface area contributed by atoms with E-state index in [0.717, 1.165) is 22.9 Å². The zero-order valence-corrected chi connectivity index (χ0v) is 15.0.